The van der Waals surface area contributed by atoms with Gasteiger partial charge >= 0.3 is 6.09 Å². The van der Waals surface area contributed by atoms with Gasteiger partial charge in [0.05, 0.1) is 0 Å². The molecule has 5 heteroatoms. The van der Waals surface area contributed by atoms with Gasteiger partial charge in [-0.3, -0.25) is 0 Å². The quantitative estimate of drug-likeness (QED) is 0.788. The van der Waals surface area contributed by atoms with Crippen LogP contribution in [0.5, 0.6) is 0 Å². The summed E-state index contributed by atoms with van der Waals surface area (Å²) in [5, 5.41) is 6.63. The average molecular weight is 328 g/mol. The second-order valence-electron chi connectivity index (χ2n) is 8.36. The van der Waals surface area contributed by atoms with Crippen LogP contribution in [0.3, 0.4) is 0 Å². The molecule has 1 fully saturated rings. The molecule has 2 N–H and O–H groups in total. The number of ether oxygens (including phenoxy) is 1. The Morgan fingerprint density at radius 2 is 1.96 bits per heavy atom. The lowest BCUT2D eigenvalue weighted by Crippen LogP contribution is -2.51. The predicted molar refractivity (Wildman–Crippen MR) is 95.7 cm³/mol. The Morgan fingerprint density at radius 1 is 1.30 bits per heavy atom. The van der Waals surface area contributed by atoms with E-state index < -0.39 is 5.60 Å². The number of carbonyl (C=O) groups excluding carboxylic acids is 1. The first-order valence-electron chi connectivity index (χ1n) is 9.00. The molecule has 0 saturated carbocycles. The van der Waals surface area contributed by atoms with Gasteiger partial charge in [0, 0.05) is 25.2 Å². The molecule has 0 aromatic rings. The third-order valence-corrected chi connectivity index (χ3v) is 4.53. The summed E-state index contributed by atoms with van der Waals surface area (Å²) in [5.74, 6) is 1.04. The molecule has 3 unspecified atom stereocenters. The van der Waals surface area contributed by atoms with Crippen molar-refractivity contribution in [2.45, 2.75) is 72.1 Å². The third-order valence-electron chi connectivity index (χ3n) is 4.53. The molecule has 1 amide bonds. The summed E-state index contributed by atoms with van der Waals surface area (Å²) in [4.78, 5) is 14.4. The van der Waals surface area contributed by atoms with Gasteiger partial charge in [0.15, 0.2) is 0 Å². The van der Waals surface area contributed by atoms with Gasteiger partial charge in [-0.1, -0.05) is 13.8 Å². The number of hydrogen-bond acceptors (Lipinski definition) is 4. The molecule has 1 aliphatic heterocycles. The van der Waals surface area contributed by atoms with E-state index in [1.165, 1.54) is 19.4 Å². The minimum absolute atomic E-state index is 0.0774. The topological polar surface area (TPSA) is 53.6 Å². The fourth-order valence-corrected chi connectivity index (χ4v) is 3.01. The first-order chi connectivity index (χ1) is 10.6. The number of alkyl carbamates (subject to hydrolysis) is 1. The van der Waals surface area contributed by atoms with Gasteiger partial charge in [-0.2, -0.15) is 0 Å². The Labute approximate surface area is 142 Å². The van der Waals surface area contributed by atoms with Gasteiger partial charge in [0.2, 0.25) is 0 Å². The smallest absolute Gasteiger partial charge is 0.407 e. The van der Waals surface area contributed by atoms with Crippen molar-refractivity contribution in [2.24, 2.45) is 11.8 Å². The largest absolute Gasteiger partial charge is 0.444 e. The van der Waals surface area contributed by atoms with Gasteiger partial charge in [0.25, 0.3) is 0 Å². The molecule has 0 bridgehead atoms. The summed E-state index contributed by atoms with van der Waals surface area (Å²) in [5.41, 5.74) is -0.459. The fourth-order valence-electron chi connectivity index (χ4n) is 3.01. The maximum absolute atomic E-state index is 12.0. The van der Waals surface area contributed by atoms with Crippen LogP contribution in [0.25, 0.3) is 0 Å². The van der Waals surface area contributed by atoms with E-state index in [0.717, 1.165) is 13.1 Å². The van der Waals surface area contributed by atoms with Crippen LogP contribution < -0.4 is 10.6 Å². The Balaban J connectivity index is 2.45. The van der Waals surface area contributed by atoms with Crippen LogP contribution in [0.15, 0.2) is 0 Å². The summed E-state index contributed by atoms with van der Waals surface area (Å²) >= 11 is 0. The van der Waals surface area contributed by atoms with Crippen molar-refractivity contribution in [2.75, 3.05) is 26.7 Å². The second kappa shape index (κ2) is 8.88. The highest BCUT2D eigenvalue weighted by Gasteiger charge is 2.25. The molecule has 0 aromatic carbocycles. The molecule has 136 valence electrons. The minimum atomic E-state index is -0.459. The van der Waals surface area contributed by atoms with Crippen molar-refractivity contribution in [3.8, 4) is 0 Å². The zero-order chi connectivity index (χ0) is 17.6. The monoisotopic (exact) mass is 327 g/mol. The van der Waals surface area contributed by atoms with Crippen LogP contribution in [0.2, 0.25) is 0 Å². The number of piperidine rings is 1. The lowest BCUT2D eigenvalue weighted by molar-refractivity contribution is 0.0487. The predicted octanol–water partition coefficient (Wildman–Crippen LogP) is 2.86. The lowest BCUT2D eigenvalue weighted by Gasteiger charge is -2.35. The van der Waals surface area contributed by atoms with Gasteiger partial charge < -0.3 is 20.3 Å². The molecule has 0 spiro atoms. The number of carbonyl (C=O) groups is 1. The maximum Gasteiger partial charge on any atom is 0.407 e. The van der Waals surface area contributed by atoms with Crippen LogP contribution >= 0.6 is 0 Å². The molecule has 1 heterocycles. The second-order valence-corrected chi connectivity index (χ2v) is 8.36. The zero-order valence-corrected chi connectivity index (χ0v) is 16.1. The molecule has 0 aliphatic carbocycles. The van der Waals surface area contributed by atoms with E-state index in [9.17, 15) is 4.79 Å². The van der Waals surface area contributed by atoms with Crippen molar-refractivity contribution in [3.05, 3.63) is 0 Å². The zero-order valence-electron chi connectivity index (χ0n) is 16.1. The normalized spacial score (nSPS) is 22.7. The van der Waals surface area contributed by atoms with Crippen molar-refractivity contribution < 1.29 is 9.53 Å². The first-order valence-corrected chi connectivity index (χ1v) is 9.00. The van der Waals surface area contributed by atoms with Gasteiger partial charge in [0.1, 0.15) is 5.60 Å². The molecule has 1 saturated heterocycles. The Bertz CT molecular complexity index is 366. The van der Waals surface area contributed by atoms with Crippen LogP contribution in [-0.4, -0.2) is 55.4 Å². The van der Waals surface area contributed by atoms with Crippen LogP contribution in [0.4, 0.5) is 4.79 Å². The molecular weight excluding hydrogens is 290 g/mol. The third kappa shape index (κ3) is 8.02. The highest BCUT2D eigenvalue weighted by molar-refractivity contribution is 5.68. The lowest BCUT2D eigenvalue weighted by atomic mass is 9.91. The van der Waals surface area contributed by atoms with Crippen LogP contribution in [0, 0.1) is 11.8 Å². The van der Waals surface area contributed by atoms with Crippen molar-refractivity contribution in [1.29, 1.82) is 0 Å². The van der Waals surface area contributed by atoms with Crippen LogP contribution in [0.1, 0.15) is 54.4 Å². The SMILES string of the molecule is CC(C)C(CNC(C)C1CCCN(C)C1)NC(=O)OC(C)(C)C. The Kier molecular flexibility index (Phi) is 7.81. The van der Waals surface area contributed by atoms with E-state index >= 15 is 0 Å². The average Bonchev–Trinajstić information content (AvgIpc) is 2.40. The van der Waals surface area contributed by atoms with E-state index in [2.05, 4.69) is 43.4 Å². The summed E-state index contributed by atoms with van der Waals surface area (Å²) in [6, 6.07) is 0.535. The number of amides is 1. The van der Waals surface area contributed by atoms with E-state index in [1.807, 2.05) is 20.8 Å². The Morgan fingerprint density at radius 3 is 2.48 bits per heavy atom. The summed E-state index contributed by atoms with van der Waals surface area (Å²) in [7, 11) is 2.19. The number of hydrogen-bond donors (Lipinski definition) is 2. The highest BCUT2D eigenvalue weighted by Crippen LogP contribution is 2.18. The van der Waals surface area contributed by atoms with E-state index in [-0.39, 0.29) is 12.1 Å². The summed E-state index contributed by atoms with van der Waals surface area (Å²) in [6.45, 7) is 15.3. The molecule has 23 heavy (non-hydrogen) atoms. The maximum atomic E-state index is 12.0. The molecule has 0 aromatic heterocycles. The molecule has 1 aliphatic rings. The number of nitrogens with zero attached hydrogens (tertiary/aromatic N) is 1. The fraction of sp³-hybridized carbons (Fsp3) is 0.944. The van der Waals surface area contributed by atoms with Crippen molar-refractivity contribution >= 4 is 6.09 Å². The number of rotatable bonds is 6. The van der Waals surface area contributed by atoms with Crippen molar-refractivity contribution in [3.63, 3.8) is 0 Å². The van der Waals surface area contributed by atoms with Crippen LogP contribution in [-0.2, 0) is 4.74 Å². The van der Waals surface area contributed by atoms with Gasteiger partial charge in [-0.25, -0.2) is 4.79 Å². The van der Waals surface area contributed by atoms with Crippen molar-refractivity contribution in [1.82, 2.24) is 15.5 Å². The summed E-state index contributed by atoms with van der Waals surface area (Å²) < 4.78 is 5.37. The minimum Gasteiger partial charge on any atom is -0.444 e. The molecule has 3 atom stereocenters. The van der Waals surface area contributed by atoms with E-state index in [0.29, 0.717) is 17.9 Å². The summed E-state index contributed by atoms with van der Waals surface area (Å²) in [6.07, 6.45) is 2.23. The van der Waals surface area contributed by atoms with Gasteiger partial charge in [-0.15, -0.1) is 0 Å². The standard InChI is InChI=1S/C18H37N3O2/c1-13(2)16(20-17(22)23-18(4,5)6)11-19-14(3)15-9-8-10-21(7)12-15/h13-16,19H,8-12H2,1-7H3,(H,20,22). The molecule has 1 rings (SSSR count). The highest BCUT2D eigenvalue weighted by atomic mass is 16.6. The first kappa shape index (κ1) is 20.2. The molecule has 0 radical (unpaired) electrons. The number of nitrogens with one attached hydrogen (secondary N) is 2. The number of likely N-dealkylation sites (tertiary alicyclic amines) is 1. The van der Waals surface area contributed by atoms with E-state index in [1.54, 1.807) is 0 Å². The van der Waals surface area contributed by atoms with E-state index in [4.69, 9.17) is 4.74 Å². The molecule has 5 nitrogen and oxygen atoms in total. The van der Waals surface area contributed by atoms with Gasteiger partial charge in [-0.05, 0) is 66.0 Å². The molecular formula is C18H37N3O2. The Hall–Kier alpha value is -0.810.